The fourth-order valence-electron chi connectivity index (χ4n) is 0.732. The van der Waals surface area contributed by atoms with Crippen LogP contribution in [0.4, 0.5) is 0 Å². The molecule has 0 aromatic carbocycles. The van der Waals surface area contributed by atoms with E-state index in [1.807, 2.05) is 6.92 Å². The summed E-state index contributed by atoms with van der Waals surface area (Å²) in [5, 5.41) is 8.41. The molecule has 1 atom stereocenters. The highest BCUT2D eigenvalue weighted by atomic mass is 16.5. The van der Waals surface area contributed by atoms with E-state index in [9.17, 15) is 4.79 Å². The molecule has 11 heavy (non-hydrogen) atoms. The summed E-state index contributed by atoms with van der Waals surface area (Å²) < 4.78 is 5.01. The van der Waals surface area contributed by atoms with E-state index in [4.69, 9.17) is 15.6 Å². The molecule has 4 heteroatoms. The van der Waals surface area contributed by atoms with Gasteiger partial charge in [0.2, 0.25) is 0 Å². The summed E-state index contributed by atoms with van der Waals surface area (Å²) in [5.74, 6) is -0.894. The van der Waals surface area contributed by atoms with Crippen LogP contribution in [-0.2, 0) is 9.53 Å². The van der Waals surface area contributed by atoms with Crippen LogP contribution < -0.4 is 5.73 Å². The van der Waals surface area contributed by atoms with Gasteiger partial charge in [-0.25, -0.2) is 0 Å². The Bertz CT molecular complexity index is 134. The first-order valence-corrected chi connectivity index (χ1v) is 3.56. The van der Waals surface area contributed by atoms with Crippen molar-refractivity contribution in [1.82, 2.24) is 0 Å². The van der Waals surface area contributed by atoms with Crippen LogP contribution in [-0.4, -0.2) is 29.8 Å². The molecule has 0 bridgehead atoms. The highest BCUT2D eigenvalue weighted by Gasteiger charge is 2.21. The fourth-order valence-corrected chi connectivity index (χ4v) is 0.732. The minimum absolute atomic E-state index is 0.0625. The van der Waals surface area contributed by atoms with Gasteiger partial charge in [-0.15, -0.1) is 0 Å². The molecule has 4 nitrogen and oxygen atoms in total. The number of carbonyl (C=O) groups is 1. The molecule has 1 unspecified atom stereocenters. The summed E-state index contributed by atoms with van der Waals surface area (Å²) in [7, 11) is 0. The zero-order chi connectivity index (χ0) is 8.91. The molecule has 66 valence electrons. The summed E-state index contributed by atoms with van der Waals surface area (Å²) in [6.07, 6.45) is -0.0625. The number of aliphatic carboxylic acids is 1. The van der Waals surface area contributed by atoms with E-state index >= 15 is 0 Å². The highest BCUT2D eigenvalue weighted by Crippen LogP contribution is 2.05. The first kappa shape index (κ1) is 10.4. The van der Waals surface area contributed by atoms with Crippen LogP contribution in [0.2, 0.25) is 0 Å². The molecular weight excluding hydrogens is 146 g/mol. The number of rotatable bonds is 5. The van der Waals surface area contributed by atoms with E-state index in [0.717, 1.165) is 0 Å². The molecule has 3 N–H and O–H groups in total. The van der Waals surface area contributed by atoms with Gasteiger partial charge in [-0.3, -0.25) is 4.79 Å². The van der Waals surface area contributed by atoms with Crippen molar-refractivity contribution in [3.8, 4) is 0 Å². The second-order valence-corrected chi connectivity index (χ2v) is 2.86. The quantitative estimate of drug-likeness (QED) is 0.604. The third kappa shape index (κ3) is 5.82. The largest absolute Gasteiger partial charge is 0.481 e. The lowest BCUT2D eigenvalue weighted by Crippen LogP contribution is -2.43. The maximum absolute atomic E-state index is 10.2. The topological polar surface area (TPSA) is 72.5 Å². The SMILES string of the molecule is CCOCC(C)(N)CC(=O)O. The monoisotopic (exact) mass is 161 g/mol. The maximum atomic E-state index is 10.2. The molecule has 0 radical (unpaired) electrons. The van der Waals surface area contributed by atoms with Gasteiger partial charge in [0.25, 0.3) is 0 Å². The number of nitrogens with two attached hydrogens (primary N) is 1. The molecular formula is C7H15NO3. The Morgan fingerprint density at radius 3 is 2.64 bits per heavy atom. The van der Waals surface area contributed by atoms with E-state index in [2.05, 4.69) is 0 Å². The van der Waals surface area contributed by atoms with Crippen molar-refractivity contribution in [2.75, 3.05) is 13.2 Å². The lowest BCUT2D eigenvalue weighted by molar-refractivity contribution is -0.138. The summed E-state index contributed by atoms with van der Waals surface area (Å²) >= 11 is 0. The summed E-state index contributed by atoms with van der Waals surface area (Å²) in [6.45, 7) is 4.36. The van der Waals surface area contributed by atoms with Crippen molar-refractivity contribution in [1.29, 1.82) is 0 Å². The Morgan fingerprint density at radius 1 is 1.73 bits per heavy atom. The highest BCUT2D eigenvalue weighted by molar-refractivity contribution is 5.68. The summed E-state index contributed by atoms with van der Waals surface area (Å²) in [4.78, 5) is 10.2. The van der Waals surface area contributed by atoms with Crippen molar-refractivity contribution in [3.05, 3.63) is 0 Å². The third-order valence-corrected chi connectivity index (χ3v) is 1.19. The van der Waals surface area contributed by atoms with Gasteiger partial charge in [-0.2, -0.15) is 0 Å². The van der Waals surface area contributed by atoms with Gasteiger partial charge in [-0.1, -0.05) is 0 Å². The maximum Gasteiger partial charge on any atom is 0.305 e. The molecule has 0 saturated heterocycles. The Kier molecular flexibility index (Phi) is 4.07. The lowest BCUT2D eigenvalue weighted by atomic mass is 10.0. The van der Waals surface area contributed by atoms with Gasteiger partial charge in [0, 0.05) is 12.1 Å². The van der Waals surface area contributed by atoms with Gasteiger partial charge in [0.05, 0.1) is 13.0 Å². The molecule has 0 aromatic heterocycles. The minimum Gasteiger partial charge on any atom is -0.481 e. The van der Waals surface area contributed by atoms with Crippen molar-refractivity contribution >= 4 is 5.97 Å². The van der Waals surface area contributed by atoms with Gasteiger partial charge in [-0.05, 0) is 13.8 Å². The van der Waals surface area contributed by atoms with Crippen LogP contribution in [0.15, 0.2) is 0 Å². The molecule has 0 aliphatic heterocycles. The first-order valence-electron chi connectivity index (χ1n) is 3.56. The molecule has 0 amide bonds. The predicted octanol–water partition coefficient (Wildman–Crippen LogP) is 0.215. The van der Waals surface area contributed by atoms with Gasteiger partial charge in [0.1, 0.15) is 0 Å². The third-order valence-electron chi connectivity index (χ3n) is 1.19. The van der Waals surface area contributed by atoms with Gasteiger partial charge < -0.3 is 15.6 Å². The second-order valence-electron chi connectivity index (χ2n) is 2.86. The number of carboxylic acids is 1. The van der Waals surface area contributed by atoms with Crippen molar-refractivity contribution < 1.29 is 14.6 Å². The molecule has 0 saturated carbocycles. The van der Waals surface area contributed by atoms with E-state index in [-0.39, 0.29) is 13.0 Å². The Labute approximate surface area is 66.3 Å². The second kappa shape index (κ2) is 4.31. The van der Waals surface area contributed by atoms with Crippen LogP contribution >= 0.6 is 0 Å². The normalized spacial score (nSPS) is 15.9. The van der Waals surface area contributed by atoms with E-state index < -0.39 is 11.5 Å². The summed E-state index contributed by atoms with van der Waals surface area (Å²) in [6, 6.07) is 0. The zero-order valence-corrected chi connectivity index (χ0v) is 6.96. The molecule has 0 spiro atoms. The number of hydrogen-bond acceptors (Lipinski definition) is 3. The van der Waals surface area contributed by atoms with E-state index in [1.54, 1.807) is 6.92 Å². The molecule has 0 rings (SSSR count). The average Bonchev–Trinajstić information content (AvgIpc) is 1.81. The van der Waals surface area contributed by atoms with Crippen LogP contribution in [0.1, 0.15) is 20.3 Å². The predicted molar refractivity (Wildman–Crippen MR) is 41.3 cm³/mol. The van der Waals surface area contributed by atoms with Crippen LogP contribution in [0, 0.1) is 0 Å². The van der Waals surface area contributed by atoms with E-state index in [0.29, 0.717) is 6.61 Å². The van der Waals surface area contributed by atoms with Crippen molar-refractivity contribution in [3.63, 3.8) is 0 Å². The molecule has 0 aliphatic carbocycles. The summed E-state index contributed by atoms with van der Waals surface area (Å²) in [5.41, 5.74) is 4.85. The average molecular weight is 161 g/mol. The van der Waals surface area contributed by atoms with Crippen molar-refractivity contribution in [2.24, 2.45) is 5.73 Å². The van der Waals surface area contributed by atoms with Crippen LogP contribution in [0.25, 0.3) is 0 Å². The van der Waals surface area contributed by atoms with Gasteiger partial charge >= 0.3 is 5.97 Å². The Morgan fingerprint density at radius 2 is 2.27 bits per heavy atom. The zero-order valence-electron chi connectivity index (χ0n) is 6.96. The molecule has 0 aromatic rings. The lowest BCUT2D eigenvalue weighted by Gasteiger charge is -2.21. The van der Waals surface area contributed by atoms with Crippen LogP contribution in [0.5, 0.6) is 0 Å². The molecule has 0 heterocycles. The Hall–Kier alpha value is -0.610. The Balaban J connectivity index is 3.70. The molecule has 0 aliphatic rings. The minimum atomic E-state index is -0.894. The number of ether oxygens (including phenoxy) is 1. The number of carboxylic acid groups (broad SMARTS) is 1. The smallest absolute Gasteiger partial charge is 0.305 e. The van der Waals surface area contributed by atoms with Crippen LogP contribution in [0.3, 0.4) is 0 Å². The number of hydrogen-bond donors (Lipinski definition) is 2. The van der Waals surface area contributed by atoms with Crippen molar-refractivity contribution in [2.45, 2.75) is 25.8 Å². The van der Waals surface area contributed by atoms with E-state index in [1.165, 1.54) is 0 Å². The standard InChI is InChI=1S/C7H15NO3/c1-3-11-5-7(2,8)4-6(9)10/h3-5,8H2,1-2H3,(H,9,10). The van der Waals surface area contributed by atoms with Gasteiger partial charge in [0.15, 0.2) is 0 Å². The molecule has 0 fully saturated rings. The fraction of sp³-hybridized carbons (Fsp3) is 0.857. The first-order chi connectivity index (χ1) is 4.98.